The molecule has 0 spiro atoms. The van der Waals surface area contributed by atoms with Gasteiger partial charge in [0.2, 0.25) is 0 Å². The molecule has 3 heteroatoms. The zero-order chi connectivity index (χ0) is 15.6. The van der Waals surface area contributed by atoms with Crippen LogP contribution in [0.4, 0.5) is 8.78 Å². The molecule has 0 heterocycles. The van der Waals surface area contributed by atoms with Gasteiger partial charge in [-0.2, -0.15) is 0 Å². The normalized spacial score (nSPS) is 12.7. The van der Waals surface area contributed by atoms with Crippen LogP contribution in [0.3, 0.4) is 0 Å². The Balaban J connectivity index is 2.32. The maximum atomic E-state index is 14.0. The first-order valence-corrected chi connectivity index (χ1v) is 7.11. The molecule has 0 saturated carbocycles. The zero-order valence-electron chi connectivity index (χ0n) is 12.5. The minimum Gasteiger partial charge on any atom is -0.383 e. The first-order valence-electron chi connectivity index (χ1n) is 7.11. The van der Waals surface area contributed by atoms with E-state index in [4.69, 9.17) is 0 Å². The van der Waals surface area contributed by atoms with E-state index in [1.165, 1.54) is 12.1 Å². The van der Waals surface area contributed by atoms with Crippen molar-refractivity contribution in [1.82, 2.24) is 0 Å². The SMILES string of the molecule is Cc1ccc(F)c(C(O)c2ccc(CC(C)C)cc2)c1F. The predicted molar refractivity (Wildman–Crippen MR) is 80.1 cm³/mol. The monoisotopic (exact) mass is 290 g/mol. The number of rotatable bonds is 4. The summed E-state index contributed by atoms with van der Waals surface area (Å²) in [5.74, 6) is -0.877. The zero-order valence-corrected chi connectivity index (χ0v) is 12.5. The van der Waals surface area contributed by atoms with Gasteiger partial charge in [0, 0.05) is 0 Å². The third-order valence-electron chi connectivity index (χ3n) is 3.53. The Morgan fingerprint density at radius 1 is 1.00 bits per heavy atom. The van der Waals surface area contributed by atoms with E-state index >= 15 is 0 Å². The standard InChI is InChI=1S/C18H20F2O/c1-11(2)10-13-5-7-14(8-6-13)18(21)16-15(19)9-4-12(3)17(16)20/h4-9,11,18,21H,10H2,1-3H3. The second-order valence-corrected chi connectivity index (χ2v) is 5.83. The van der Waals surface area contributed by atoms with Crippen molar-refractivity contribution in [2.45, 2.75) is 33.3 Å². The lowest BCUT2D eigenvalue weighted by atomic mass is 9.96. The van der Waals surface area contributed by atoms with E-state index in [1.807, 2.05) is 12.1 Å². The van der Waals surface area contributed by atoms with Gasteiger partial charge in [-0.3, -0.25) is 0 Å². The van der Waals surface area contributed by atoms with Crippen LogP contribution in [0.25, 0.3) is 0 Å². The van der Waals surface area contributed by atoms with Gasteiger partial charge >= 0.3 is 0 Å². The van der Waals surface area contributed by atoms with Gasteiger partial charge in [-0.25, -0.2) is 8.78 Å². The molecular weight excluding hydrogens is 270 g/mol. The number of aryl methyl sites for hydroxylation is 1. The van der Waals surface area contributed by atoms with Gasteiger partial charge in [0.15, 0.2) is 0 Å². The Morgan fingerprint density at radius 3 is 2.19 bits per heavy atom. The van der Waals surface area contributed by atoms with Crippen LogP contribution in [-0.4, -0.2) is 5.11 Å². The fourth-order valence-corrected chi connectivity index (χ4v) is 2.40. The molecule has 0 aromatic heterocycles. The summed E-state index contributed by atoms with van der Waals surface area (Å²) in [6, 6.07) is 9.79. The molecular formula is C18H20F2O. The maximum Gasteiger partial charge on any atom is 0.135 e. The number of halogens is 2. The van der Waals surface area contributed by atoms with E-state index in [0.29, 0.717) is 17.0 Å². The van der Waals surface area contributed by atoms with Crippen LogP contribution in [0.2, 0.25) is 0 Å². The molecule has 2 rings (SSSR count). The van der Waals surface area contributed by atoms with E-state index in [9.17, 15) is 13.9 Å². The topological polar surface area (TPSA) is 20.2 Å². The molecule has 0 aliphatic heterocycles. The highest BCUT2D eigenvalue weighted by Gasteiger charge is 2.21. The summed E-state index contributed by atoms with van der Waals surface area (Å²) in [5.41, 5.74) is 1.67. The second kappa shape index (κ2) is 6.35. The summed E-state index contributed by atoms with van der Waals surface area (Å²) < 4.78 is 27.9. The summed E-state index contributed by atoms with van der Waals surface area (Å²) >= 11 is 0. The predicted octanol–water partition coefficient (Wildman–Crippen LogP) is 4.55. The van der Waals surface area contributed by atoms with Gasteiger partial charge in [-0.15, -0.1) is 0 Å². The lowest BCUT2D eigenvalue weighted by Crippen LogP contribution is -2.07. The average molecular weight is 290 g/mol. The van der Waals surface area contributed by atoms with E-state index in [2.05, 4.69) is 13.8 Å². The number of benzene rings is 2. The van der Waals surface area contributed by atoms with Crippen molar-refractivity contribution >= 4 is 0 Å². The first kappa shape index (κ1) is 15.6. The highest BCUT2D eigenvalue weighted by atomic mass is 19.1. The van der Waals surface area contributed by atoms with Crippen LogP contribution in [-0.2, 0) is 6.42 Å². The summed E-state index contributed by atoms with van der Waals surface area (Å²) in [7, 11) is 0. The minimum absolute atomic E-state index is 0.286. The van der Waals surface area contributed by atoms with Gasteiger partial charge in [-0.1, -0.05) is 44.2 Å². The van der Waals surface area contributed by atoms with Gasteiger partial charge < -0.3 is 5.11 Å². The lowest BCUT2D eigenvalue weighted by molar-refractivity contribution is 0.209. The summed E-state index contributed by atoms with van der Waals surface area (Å²) in [4.78, 5) is 0. The third-order valence-corrected chi connectivity index (χ3v) is 3.53. The van der Waals surface area contributed by atoms with Gasteiger partial charge in [-0.05, 0) is 42.0 Å². The smallest absolute Gasteiger partial charge is 0.135 e. The van der Waals surface area contributed by atoms with E-state index in [1.54, 1.807) is 19.1 Å². The quantitative estimate of drug-likeness (QED) is 0.875. The molecule has 2 aromatic carbocycles. The summed E-state index contributed by atoms with van der Waals surface area (Å²) in [6.45, 7) is 5.80. The molecule has 0 aliphatic rings. The van der Waals surface area contributed by atoms with Gasteiger partial charge in [0.05, 0.1) is 5.56 Å². The number of hydrogen-bond donors (Lipinski definition) is 1. The Bertz CT molecular complexity index is 618. The summed E-state index contributed by atoms with van der Waals surface area (Å²) in [5, 5.41) is 10.3. The highest BCUT2D eigenvalue weighted by molar-refractivity contribution is 5.36. The van der Waals surface area contributed by atoms with Crippen molar-refractivity contribution in [3.63, 3.8) is 0 Å². The molecule has 112 valence electrons. The van der Waals surface area contributed by atoms with Crippen molar-refractivity contribution in [3.8, 4) is 0 Å². The van der Waals surface area contributed by atoms with Crippen molar-refractivity contribution in [3.05, 3.63) is 70.3 Å². The Hall–Kier alpha value is -1.74. The largest absolute Gasteiger partial charge is 0.383 e. The lowest BCUT2D eigenvalue weighted by Gasteiger charge is -2.15. The highest BCUT2D eigenvalue weighted by Crippen LogP contribution is 2.28. The van der Waals surface area contributed by atoms with Crippen molar-refractivity contribution in [2.75, 3.05) is 0 Å². The molecule has 1 N–H and O–H groups in total. The summed E-state index contributed by atoms with van der Waals surface area (Å²) in [6.07, 6.45) is -0.359. The molecule has 0 fully saturated rings. The molecule has 1 nitrogen and oxygen atoms in total. The molecule has 1 atom stereocenters. The Labute approximate surface area is 124 Å². The molecule has 0 aliphatic carbocycles. The molecule has 21 heavy (non-hydrogen) atoms. The average Bonchev–Trinajstić information content (AvgIpc) is 2.43. The van der Waals surface area contributed by atoms with Gasteiger partial charge in [0.25, 0.3) is 0 Å². The van der Waals surface area contributed by atoms with Crippen molar-refractivity contribution in [1.29, 1.82) is 0 Å². The molecule has 0 amide bonds. The number of hydrogen-bond acceptors (Lipinski definition) is 1. The van der Waals surface area contributed by atoms with Crippen LogP contribution < -0.4 is 0 Å². The third kappa shape index (κ3) is 3.48. The van der Waals surface area contributed by atoms with Crippen LogP contribution in [0.15, 0.2) is 36.4 Å². The van der Waals surface area contributed by atoms with Gasteiger partial charge in [0.1, 0.15) is 17.7 Å². The molecule has 2 aromatic rings. The van der Waals surface area contributed by atoms with E-state index < -0.39 is 17.7 Å². The molecule has 0 saturated heterocycles. The number of aliphatic hydroxyl groups excluding tert-OH is 1. The van der Waals surface area contributed by atoms with E-state index in [0.717, 1.165) is 12.0 Å². The maximum absolute atomic E-state index is 14.0. The second-order valence-electron chi connectivity index (χ2n) is 5.83. The van der Waals surface area contributed by atoms with Crippen LogP contribution in [0.5, 0.6) is 0 Å². The van der Waals surface area contributed by atoms with Crippen LogP contribution in [0.1, 0.15) is 42.2 Å². The minimum atomic E-state index is -1.29. The Morgan fingerprint density at radius 2 is 1.62 bits per heavy atom. The fourth-order valence-electron chi connectivity index (χ4n) is 2.40. The Kier molecular flexibility index (Phi) is 4.73. The number of aliphatic hydroxyl groups is 1. The molecule has 0 bridgehead atoms. The van der Waals surface area contributed by atoms with Crippen LogP contribution in [0, 0.1) is 24.5 Å². The first-order chi connectivity index (χ1) is 9.90. The van der Waals surface area contributed by atoms with Crippen LogP contribution >= 0.6 is 0 Å². The molecule has 1 unspecified atom stereocenters. The van der Waals surface area contributed by atoms with Crippen molar-refractivity contribution < 1.29 is 13.9 Å². The molecule has 0 radical (unpaired) electrons. The fraction of sp³-hybridized carbons (Fsp3) is 0.333. The van der Waals surface area contributed by atoms with Crippen molar-refractivity contribution in [2.24, 2.45) is 5.92 Å². The van der Waals surface area contributed by atoms with E-state index in [-0.39, 0.29) is 5.56 Å².